The lowest BCUT2D eigenvalue weighted by Gasteiger charge is -2.21. The molecular weight excluding hydrogens is 138 g/mol. The van der Waals surface area contributed by atoms with E-state index in [4.69, 9.17) is 0 Å². The fourth-order valence-electron chi connectivity index (χ4n) is 0.914. The van der Waals surface area contributed by atoms with Gasteiger partial charge in [-0.1, -0.05) is 0 Å². The summed E-state index contributed by atoms with van der Waals surface area (Å²) >= 11 is 0. The van der Waals surface area contributed by atoms with Gasteiger partial charge in [-0.3, -0.25) is 0 Å². The van der Waals surface area contributed by atoms with Gasteiger partial charge in [0, 0.05) is 13.6 Å². The third-order valence-corrected chi connectivity index (χ3v) is 3.54. The zero-order valence-electron chi connectivity index (χ0n) is 5.50. The average molecular weight is 149 g/mol. The van der Waals surface area contributed by atoms with Gasteiger partial charge < -0.3 is 0 Å². The van der Waals surface area contributed by atoms with Gasteiger partial charge in [0.2, 0.25) is 10.0 Å². The van der Waals surface area contributed by atoms with Crippen molar-refractivity contribution in [1.29, 1.82) is 0 Å². The maximum atomic E-state index is 10.9. The van der Waals surface area contributed by atoms with Crippen LogP contribution in [0.15, 0.2) is 0 Å². The zero-order valence-corrected chi connectivity index (χ0v) is 6.32. The minimum Gasteiger partial charge on any atom is -0.212 e. The Bertz CT molecular complexity index is 185. The van der Waals surface area contributed by atoms with E-state index in [0.717, 1.165) is 12.8 Å². The minimum atomic E-state index is -2.83. The summed E-state index contributed by atoms with van der Waals surface area (Å²) in [6.07, 6.45) is 1.84. The van der Waals surface area contributed by atoms with Crippen LogP contribution in [0, 0.1) is 0 Å². The largest absolute Gasteiger partial charge is 0.213 e. The summed E-state index contributed by atoms with van der Waals surface area (Å²) in [6.45, 7) is 0.697. The molecule has 0 aromatic heterocycles. The smallest absolute Gasteiger partial charge is 0.212 e. The molecular formula is C5H11NO2S. The molecule has 1 rings (SSSR count). The molecule has 54 valence electrons. The lowest BCUT2D eigenvalue weighted by atomic mass is 10.3. The molecule has 0 unspecified atom stereocenters. The monoisotopic (exact) mass is 149 g/mol. The van der Waals surface area contributed by atoms with Gasteiger partial charge in [-0.25, -0.2) is 12.7 Å². The maximum Gasteiger partial charge on any atom is 0.213 e. The first-order valence-electron chi connectivity index (χ1n) is 3.07. The summed E-state index contributed by atoms with van der Waals surface area (Å²) < 4.78 is 23.2. The quantitative estimate of drug-likeness (QED) is 0.487. The Morgan fingerprint density at radius 2 is 2.00 bits per heavy atom. The molecule has 0 spiro atoms. The van der Waals surface area contributed by atoms with Crippen LogP contribution in [-0.4, -0.2) is 32.1 Å². The highest BCUT2D eigenvalue weighted by Crippen LogP contribution is 2.09. The Hall–Kier alpha value is -0.0900. The topological polar surface area (TPSA) is 37.4 Å². The molecule has 0 radical (unpaired) electrons. The van der Waals surface area contributed by atoms with E-state index in [0.29, 0.717) is 12.3 Å². The number of sulfonamides is 1. The predicted octanol–water partition coefficient (Wildman–Crippen LogP) is 0.0418. The van der Waals surface area contributed by atoms with Gasteiger partial charge in [0.15, 0.2) is 0 Å². The van der Waals surface area contributed by atoms with Crippen LogP contribution in [0.3, 0.4) is 0 Å². The Balaban J connectivity index is 2.72. The number of rotatable bonds is 0. The predicted molar refractivity (Wildman–Crippen MR) is 35.7 cm³/mol. The van der Waals surface area contributed by atoms with Crippen molar-refractivity contribution >= 4 is 10.0 Å². The third-order valence-electron chi connectivity index (χ3n) is 1.60. The summed E-state index contributed by atoms with van der Waals surface area (Å²) in [5.41, 5.74) is 0. The highest BCUT2D eigenvalue weighted by molar-refractivity contribution is 7.89. The van der Waals surface area contributed by atoms with Gasteiger partial charge in [-0.2, -0.15) is 0 Å². The Morgan fingerprint density at radius 3 is 2.33 bits per heavy atom. The molecule has 0 amide bonds. The van der Waals surface area contributed by atoms with Crippen LogP contribution in [0.1, 0.15) is 12.8 Å². The van der Waals surface area contributed by atoms with Gasteiger partial charge in [0.05, 0.1) is 5.75 Å². The third kappa shape index (κ3) is 1.43. The molecule has 1 heterocycles. The molecule has 0 aliphatic carbocycles. The van der Waals surface area contributed by atoms with Gasteiger partial charge in [0.25, 0.3) is 0 Å². The van der Waals surface area contributed by atoms with E-state index in [2.05, 4.69) is 0 Å². The van der Waals surface area contributed by atoms with E-state index in [1.54, 1.807) is 7.05 Å². The minimum absolute atomic E-state index is 0.337. The van der Waals surface area contributed by atoms with Crippen LogP contribution in [0.25, 0.3) is 0 Å². The SMILES string of the molecule is CN1CCCCS1(=O)=O. The average Bonchev–Trinajstić information content (AvgIpc) is 1.77. The highest BCUT2D eigenvalue weighted by Gasteiger charge is 2.20. The van der Waals surface area contributed by atoms with Crippen LogP contribution >= 0.6 is 0 Å². The molecule has 4 heteroatoms. The molecule has 1 aliphatic heterocycles. The van der Waals surface area contributed by atoms with E-state index in [9.17, 15) is 8.42 Å². The second kappa shape index (κ2) is 2.27. The normalized spacial score (nSPS) is 28.1. The Kier molecular flexibility index (Phi) is 1.77. The number of hydrogen-bond donors (Lipinski definition) is 0. The first kappa shape index (κ1) is 7.02. The van der Waals surface area contributed by atoms with Crippen molar-refractivity contribution in [2.75, 3.05) is 19.3 Å². The van der Waals surface area contributed by atoms with Crippen LogP contribution in [0.5, 0.6) is 0 Å². The molecule has 1 saturated heterocycles. The van der Waals surface area contributed by atoms with E-state index >= 15 is 0 Å². The highest BCUT2D eigenvalue weighted by atomic mass is 32.2. The van der Waals surface area contributed by atoms with E-state index in [1.807, 2.05) is 0 Å². The maximum absolute atomic E-state index is 10.9. The van der Waals surface area contributed by atoms with Crippen molar-refractivity contribution in [2.24, 2.45) is 0 Å². The van der Waals surface area contributed by atoms with Crippen LogP contribution in [-0.2, 0) is 10.0 Å². The van der Waals surface area contributed by atoms with Crippen molar-refractivity contribution in [1.82, 2.24) is 4.31 Å². The van der Waals surface area contributed by atoms with Gasteiger partial charge >= 0.3 is 0 Å². The van der Waals surface area contributed by atoms with Gasteiger partial charge in [-0.15, -0.1) is 0 Å². The van der Waals surface area contributed by atoms with Crippen molar-refractivity contribution < 1.29 is 8.42 Å². The summed E-state index contributed by atoms with van der Waals surface area (Å²) in [4.78, 5) is 0. The number of nitrogens with zero attached hydrogens (tertiary/aromatic N) is 1. The van der Waals surface area contributed by atoms with Crippen LogP contribution < -0.4 is 0 Å². The fraction of sp³-hybridized carbons (Fsp3) is 1.00. The lowest BCUT2D eigenvalue weighted by Crippen LogP contribution is -2.34. The number of hydrogen-bond acceptors (Lipinski definition) is 2. The van der Waals surface area contributed by atoms with Crippen molar-refractivity contribution in [3.8, 4) is 0 Å². The molecule has 1 aliphatic rings. The van der Waals surface area contributed by atoms with Gasteiger partial charge in [-0.05, 0) is 12.8 Å². The van der Waals surface area contributed by atoms with Crippen molar-refractivity contribution in [2.45, 2.75) is 12.8 Å². The molecule has 0 aromatic rings. The van der Waals surface area contributed by atoms with Crippen LogP contribution in [0.4, 0.5) is 0 Å². The molecule has 9 heavy (non-hydrogen) atoms. The fourth-order valence-corrected chi connectivity index (χ4v) is 2.20. The molecule has 3 nitrogen and oxygen atoms in total. The van der Waals surface area contributed by atoms with E-state index in [1.165, 1.54) is 4.31 Å². The summed E-state index contributed by atoms with van der Waals surface area (Å²) in [5.74, 6) is 0.337. The van der Waals surface area contributed by atoms with Crippen LogP contribution in [0.2, 0.25) is 0 Å². The molecule has 0 bridgehead atoms. The standard InChI is InChI=1S/C5H11NO2S/c1-6-4-2-3-5-9(6,7)8/h2-5H2,1H3. The molecule has 0 saturated carbocycles. The summed E-state index contributed by atoms with van der Waals surface area (Å²) in [5, 5.41) is 0. The van der Waals surface area contributed by atoms with Crippen molar-refractivity contribution in [3.63, 3.8) is 0 Å². The first-order chi connectivity index (χ1) is 4.13. The summed E-state index contributed by atoms with van der Waals surface area (Å²) in [7, 11) is -1.19. The van der Waals surface area contributed by atoms with E-state index in [-0.39, 0.29) is 0 Å². The lowest BCUT2D eigenvalue weighted by molar-refractivity contribution is 0.435. The van der Waals surface area contributed by atoms with Gasteiger partial charge in [0.1, 0.15) is 0 Å². The van der Waals surface area contributed by atoms with Crippen molar-refractivity contribution in [3.05, 3.63) is 0 Å². The molecule has 1 fully saturated rings. The summed E-state index contributed by atoms with van der Waals surface area (Å²) in [6, 6.07) is 0. The zero-order chi connectivity index (χ0) is 6.91. The van der Waals surface area contributed by atoms with E-state index < -0.39 is 10.0 Å². The first-order valence-corrected chi connectivity index (χ1v) is 4.68. The molecule has 0 atom stereocenters. The molecule has 0 aromatic carbocycles. The molecule has 0 N–H and O–H groups in total. The Morgan fingerprint density at radius 1 is 1.33 bits per heavy atom. The Labute approximate surface area is 55.7 Å². The second-order valence-electron chi connectivity index (χ2n) is 2.34. The second-order valence-corrected chi connectivity index (χ2v) is 4.54.